The van der Waals surface area contributed by atoms with Gasteiger partial charge in [-0.05, 0) is 13.8 Å². The van der Waals surface area contributed by atoms with E-state index < -0.39 is 11.0 Å². The molecule has 0 aliphatic heterocycles. The second-order valence-electron chi connectivity index (χ2n) is 5.09. The number of ketones is 1. The molecule has 0 aromatic carbocycles. The second-order valence-corrected chi connectivity index (χ2v) is 5.09. The molecule has 3 atom stereocenters. The Morgan fingerprint density at radius 2 is 2.20 bits per heavy atom. The number of carbonyl (C=O) groups is 2. The summed E-state index contributed by atoms with van der Waals surface area (Å²) in [6, 6.07) is 0. The smallest absolute Gasteiger partial charge is 0.303 e. The van der Waals surface area contributed by atoms with Crippen LogP contribution in [0.15, 0.2) is 12.2 Å². The van der Waals surface area contributed by atoms with Crippen LogP contribution in [0.3, 0.4) is 0 Å². The minimum Gasteiger partial charge on any atom is -0.459 e. The van der Waals surface area contributed by atoms with E-state index in [1.54, 1.807) is 0 Å². The molecular formula is C12H16O3. The van der Waals surface area contributed by atoms with Gasteiger partial charge in [-0.15, -0.1) is 0 Å². The van der Waals surface area contributed by atoms with Gasteiger partial charge < -0.3 is 4.74 Å². The number of rotatable bonds is 1. The molecule has 3 rings (SSSR count). The average molecular weight is 208 g/mol. The lowest BCUT2D eigenvalue weighted by molar-refractivity contribution is -0.172. The van der Waals surface area contributed by atoms with Crippen LogP contribution in [-0.2, 0) is 14.3 Å². The lowest BCUT2D eigenvalue weighted by Crippen LogP contribution is -2.53. The van der Waals surface area contributed by atoms with Gasteiger partial charge >= 0.3 is 5.97 Å². The minimum atomic E-state index is -0.497. The molecule has 0 aromatic rings. The van der Waals surface area contributed by atoms with E-state index in [4.69, 9.17) is 4.74 Å². The van der Waals surface area contributed by atoms with Crippen LogP contribution in [-0.4, -0.2) is 17.4 Å². The minimum absolute atomic E-state index is 0.0516. The fraction of sp³-hybridized carbons (Fsp3) is 0.667. The quantitative estimate of drug-likeness (QED) is 0.488. The first-order valence-corrected chi connectivity index (χ1v) is 5.28. The van der Waals surface area contributed by atoms with Crippen molar-refractivity contribution in [1.82, 2.24) is 0 Å². The Morgan fingerprint density at radius 1 is 1.53 bits per heavy atom. The Balaban J connectivity index is 2.31. The number of carbonyl (C=O) groups excluding carboxylic acids is 2. The van der Waals surface area contributed by atoms with Gasteiger partial charge in [-0.25, -0.2) is 0 Å². The third-order valence-electron chi connectivity index (χ3n) is 3.62. The van der Waals surface area contributed by atoms with Crippen molar-refractivity contribution in [1.29, 1.82) is 0 Å². The van der Waals surface area contributed by atoms with E-state index in [9.17, 15) is 9.59 Å². The van der Waals surface area contributed by atoms with Gasteiger partial charge in [0.05, 0.1) is 0 Å². The first-order valence-electron chi connectivity index (χ1n) is 5.28. The normalized spacial score (nSPS) is 43.1. The maximum atomic E-state index is 11.8. The van der Waals surface area contributed by atoms with E-state index in [1.807, 2.05) is 26.0 Å². The van der Waals surface area contributed by atoms with Crippen molar-refractivity contribution in [2.45, 2.75) is 39.2 Å². The van der Waals surface area contributed by atoms with Crippen LogP contribution in [0.5, 0.6) is 0 Å². The fourth-order valence-corrected chi connectivity index (χ4v) is 2.80. The van der Waals surface area contributed by atoms with Crippen molar-refractivity contribution in [3.05, 3.63) is 12.2 Å². The molecule has 1 saturated carbocycles. The molecule has 0 saturated heterocycles. The molecule has 0 unspecified atom stereocenters. The molecule has 0 amide bonds. The van der Waals surface area contributed by atoms with E-state index >= 15 is 0 Å². The van der Waals surface area contributed by atoms with E-state index in [1.165, 1.54) is 6.92 Å². The van der Waals surface area contributed by atoms with Gasteiger partial charge in [0, 0.05) is 31.1 Å². The van der Waals surface area contributed by atoms with E-state index in [0.717, 1.165) is 0 Å². The number of hydrogen-bond donors (Lipinski definition) is 0. The Morgan fingerprint density at radius 3 is 2.67 bits per heavy atom. The third kappa shape index (κ3) is 1.50. The van der Waals surface area contributed by atoms with Gasteiger partial charge in [0.15, 0.2) is 0 Å². The molecule has 0 heterocycles. The lowest BCUT2D eigenvalue weighted by Gasteiger charge is -2.49. The summed E-state index contributed by atoms with van der Waals surface area (Å²) in [7, 11) is 0. The van der Waals surface area contributed by atoms with Crippen LogP contribution in [0.1, 0.15) is 33.6 Å². The molecule has 3 nitrogen and oxygen atoms in total. The van der Waals surface area contributed by atoms with E-state index in [2.05, 4.69) is 0 Å². The Hall–Kier alpha value is -1.12. The average Bonchev–Trinajstić information content (AvgIpc) is 2.06. The second kappa shape index (κ2) is 2.94. The van der Waals surface area contributed by atoms with Crippen molar-refractivity contribution >= 4 is 11.8 Å². The summed E-state index contributed by atoms with van der Waals surface area (Å²) in [5.41, 5.74) is -0.928. The summed E-state index contributed by atoms with van der Waals surface area (Å²) in [5, 5.41) is 0. The Bertz CT molecular complexity index is 358. The summed E-state index contributed by atoms with van der Waals surface area (Å²) < 4.78 is 5.38. The van der Waals surface area contributed by atoms with Gasteiger partial charge in [-0.1, -0.05) is 12.2 Å². The van der Waals surface area contributed by atoms with Crippen LogP contribution in [0.25, 0.3) is 0 Å². The third-order valence-corrected chi connectivity index (χ3v) is 3.62. The summed E-state index contributed by atoms with van der Waals surface area (Å²) >= 11 is 0. The molecule has 0 aromatic heterocycles. The van der Waals surface area contributed by atoms with Crippen molar-refractivity contribution in [2.24, 2.45) is 11.3 Å². The summed E-state index contributed by atoms with van der Waals surface area (Å²) in [6.45, 7) is 5.26. The summed E-state index contributed by atoms with van der Waals surface area (Å²) in [4.78, 5) is 22.8. The number of ether oxygens (including phenoxy) is 1. The maximum Gasteiger partial charge on any atom is 0.303 e. The SMILES string of the molecule is CC(=O)O[C@@]1(C)C[C@@]2(C)C=C[C@@H]1CC2=O. The predicted octanol–water partition coefficient (Wildman–Crippen LogP) is 1.86. The van der Waals surface area contributed by atoms with Crippen LogP contribution in [0.4, 0.5) is 0 Å². The molecule has 0 N–H and O–H groups in total. The highest BCUT2D eigenvalue weighted by molar-refractivity contribution is 5.89. The first-order chi connectivity index (χ1) is 6.86. The van der Waals surface area contributed by atoms with Gasteiger partial charge in [0.25, 0.3) is 0 Å². The maximum absolute atomic E-state index is 11.8. The van der Waals surface area contributed by atoms with Gasteiger partial charge in [-0.2, -0.15) is 0 Å². The zero-order chi connectivity index (χ0) is 11.3. The van der Waals surface area contributed by atoms with Crippen molar-refractivity contribution < 1.29 is 14.3 Å². The fourth-order valence-electron chi connectivity index (χ4n) is 2.80. The molecule has 15 heavy (non-hydrogen) atoms. The van der Waals surface area contributed by atoms with Crippen molar-refractivity contribution in [3.63, 3.8) is 0 Å². The van der Waals surface area contributed by atoms with Gasteiger partial charge in [0.1, 0.15) is 11.4 Å². The number of hydrogen-bond acceptors (Lipinski definition) is 3. The summed E-state index contributed by atoms with van der Waals surface area (Å²) in [6.07, 6.45) is 5.10. The van der Waals surface area contributed by atoms with Gasteiger partial charge in [0.2, 0.25) is 0 Å². The topological polar surface area (TPSA) is 43.4 Å². The zero-order valence-electron chi connectivity index (χ0n) is 9.37. The van der Waals surface area contributed by atoms with E-state index in [-0.39, 0.29) is 17.7 Å². The van der Waals surface area contributed by atoms with E-state index in [0.29, 0.717) is 12.8 Å². The Labute approximate surface area is 89.5 Å². The molecule has 3 aliphatic carbocycles. The molecular weight excluding hydrogens is 192 g/mol. The van der Waals surface area contributed by atoms with Crippen LogP contribution in [0, 0.1) is 11.3 Å². The molecule has 3 heteroatoms. The van der Waals surface area contributed by atoms with Crippen LogP contribution >= 0.6 is 0 Å². The monoisotopic (exact) mass is 208 g/mol. The molecule has 0 spiro atoms. The first kappa shape index (κ1) is 10.4. The lowest BCUT2D eigenvalue weighted by atomic mass is 9.59. The number of Topliss-reactive ketones (excluding diaryl/α,β-unsaturated/α-hetero) is 1. The number of fused-ring (bicyclic) bond motifs is 2. The largest absolute Gasteiger partial charge is 0.459 e. The molecule has 2 bridgehead atoms. The zero-order valence-corrected chi connectivity index (χ0v) is 9.37. The van der Waals surface area contributed by atoms with Crippen molar-refractivity contribution in [3.8, 4) is 0 Å². The predicted molar refractivity (Wildman–Crippen MR) is 55.1 cm³/mol. The van der Waals surface area contributed by atoms with Crippen LogP contribution < -0.4 is 0 Å². The summed E-state index contributed by atoms with van der Waals surface area (Å²) in [5.74, 6) is 0.0462. The number of allylic oxidation sites excluding steroid dienone is 1. The molecule has 0 radical (unpaired) electrons. The highest BCUT2D eigenvalue weighted by atomic mass is 16.6. The highest BCUT2D eigenvalue weighted by Gasteiger charge is 2.53. The molecule has 82 valence electrons. The molecule has 1 fully saturated rings. The molecule has 3 aliphatic rings. The Kier molecular flexibility index (Phi) is 2.04. The number of esters is 1. The highest BCUT2D eigenvalue weighted by Crippen LogP contribution is 2.49. The van der Waals surface area contributed by atoms with Crippen LogP contribution in [0.2, 0.25) is 0 Å². The van der Waals surface area contributed by atoms with Gasteiger partial charge in [-0.3, -0.25) is 9.59 Å². The van der Waals surface area contributed by atoms with Crippen molar-refractivity contribution in [2.75, 3.05) is 0 Å². The standard InChI is InChI=1S/C12H16O3/c1-8(13)15-12(3)7-11(2)5-4-9(12)6-10(11)14/h4-5,9H,6-7H2,1-3H3/t9-,11-,12+/m1/s1.